The van der Waals surface area contributed by atoms with E-state index in [2.05, 4.69) is 45.9 Å². The van der Waals surface area contributed by atoms with E-state index in [0.29, 0.717) is 0 Å². The third kappa shape index (κ3) is 3.66. The predicted molar refractivity (Wildman–Crippen MR) is 55.9 cm³/mol. The first kappa shape index (κ1) is 10.8. The second-order valence-corrected chi connectivity index (χ2v) is 4.50. The van der Waals surface area contributed by atoms with Crippen molar-refractivity contribution >= 4 is 11.8 Å². The molecule has 0 atom stereocenters. The van der Waals surface area contributed by atoms with Crippen molar-refractivity contribution in [3.8, 4) is 0 Å². The smallest absolute Gasteiger partial charge is 0.0124 e. The Morgan fingerprint density at radius 1 is 1.36 bits per heavy atom. The van der Waals surface area contributed by atoms with Gasteiger partial charge in [0, 0.05) is 0 Å². The Balaban J connectivity index is 4.63. The molecule has 0 aromatic carbocycles. The van der Waals surface area contributed by atoms with E-state index in [0.717, 1.165) is 0 Å². The summed E-state index contributed by atoms with van der Waals surface area (Å²) in [7, 11) is 0. The van der Waals surface area contributed by atoms with Gasteiger partial charge in [0.15, 0.2) is 0 Å². The highest BCUT2D eigenvalue weighted by molar-refractivity contribution is 8.01. The zero-order valence-corrected chi connectivity index (χ0v) is 9.01. The van der Waals surface area contributed by atoms with Crippen molar-refractivity contribution in [1.29, 1.82) is 0 Å². The van der Waals surface area contributed by atoms with Crippen LogP contribution >= 0.6 is 11.8 Å². The molecule has 0 nitrogen and oxygen atoms in total. The van der Waals surface area contributed by atoms with Gasteiger partial charge in [0.05, 0.1) is 0 Å². The van der Waals surface area contributed by atoms with Crippen molar-refractivity contribution in [2.75, 3.05) is 6.26 Å². The predicted octanol–water partition coefficient (Wildman–Crippen LogP) is 3.86. The van der Waals surface area contributed by atoms with Crippen molar-refractivity contribution in [2.45, 2.75) is 27.7 Å². The van der Waals surface area contributed by atoms with Gasteiger partial charge in [-0.25, -0.2) is 0 Å². The first-order chi connectivity index (χ1) is 4.89. The lowest BCUT2D eigenvalue weighted by molar-refractivity contribution is 0.512. The minimum atomic E-state index is 0.231. The first-order valence-corrected chi connectivity index (χ1v) is 5.07. The Hall–Kier alpha value is -0.170. The molecule has 64 valence electrons. The van der Waals surface area contributed by atoms with Crippen molar-refractivity contribution in [1.82, 2.24) is 0 Å². The summed E-state index contributed by atoms with van der Waals surface area (Å²) in [6.07, 6.45) is 2.08. The van der Waals surface area contributed by atoms with Crippen LogP contribution in [0.15, 0.2) is 23.1 Å². The van der Waals surface area contributed by atoms with Crippen LogP contribution in [0.2, 0.25) is 0 Å². The van der Waals surface area contributed by atoms with Gasteiger partial charge in [-0.2, -0.15) is 0 Å². The molecule has 0 aromatic heterocycles. The third-order valence-corrected chi connectivity index (χ3v) is 1.97. The second-order valence-electron chi connectivity index (χ2n) is 3.80. The van der Waals surface area contributed by atoms with Crippen molar-refractivity contribution in [3.63, 3.8) is 0 Å². The first-order valence-electron chi connectivity index (χ1n) is 3.79. The molecule has 0 spiro atoms. The summed E-state index contributed by atoms with van der Waals surface area (Å²) >= 11 is 1.74. The van der Waals surface area contributed by atoms with Crippen molar-refractivity contribution < 1.29 is 0 Å². The highest BCUT2D eigenvalue weighted by Crippen LogP contribution is 2.31. The number of thioether (sulfide) groups is 1. The standard InChI is InChI=1S/C10H18S/c1-8(2)9(7-11-6)10(3,4)5/h7H,1H2,2-6H3/b9-7+. The van der Waals surface area contributed by atoms with Crippen LogP contribution in [0.3, 0.4) is 0 Å². The van der Waals surface area contributed by atoms with Gasteiger partial charge in [-0.3, -0.25) is 0 Å². The van der Waals surface area contributed by atoms with Crippen LogP contribution in [0.25, 0.3) is 0 Å². The monoisotopic (exact) mass is 170 g/mol. The average molecular weight is 170 g/mol. The zero-order valence-electron chi connectivity index (χ0n) is 8.19. The summed E-state index contributed by atoms with van der Waals surface area (Å²) in [5, 5.41) is 2.18. The SMILES string of the molecule is C=C(C)/C(=C\SC)C(C)(C)C. The van der Waals surface area contributed by atoms with Gasteiger partial charge < -0.3 is 0 Å². The Morgan fingerprint density at radius 2 is 1.82 bits per heavy atom. The van der Waals surface area contributed by atoms with E-state index < -0.39 is 0 Å². The van der Waals surface area contributed by atoms with Crippen LogP contribution in [0, 0.1) is 5.41 Å². The minimum Gasteiger partial charge on any atom is -0.137 e. The zero-order chi connectivity index (χ0) is 9.07. The van der Waals surface area contributed by atoms with Crippen LogP contribution in [0.5, 0.6) is 0 Å². The molecule has 0 N–H and O–H groups in total. The molecule has 0 unspecified atom stereocenters. The molecule has 0 heterocycles. The number of allylic oxidation sites excluding steroid dienone is 2. The van der Waals surface area contributed by atoms with E-state index in [4.69, 9.17) is 0 Å². The molecular weight excluding hydrogens is 152 g/mol. The van der Waals surface area contributed by atoms with E-state index in [-0.39, 0.29) is 5.41 Å². The Kier molecular flexibility index (Phi) is 3.95. The lowest BCUT2D eigenvalue weighted by Crippen LogP contribution is -2.09. The number of rotatable bonds is 2. The molecular formula is C10H18S. The molecule has 0 aliphatic rings. The third-order valence-electron chi connectivity index (χ3n) is 1.50. The van der Waals surface area contributed by atoms with E-state index in [1.807, 2.05) is 0 Å². The molecule has 0 aliphatic carbocycles. The normalized spacial score (nSPS) is 13.4. The largest absolute Gasteiger partial charge is 0.137 e. The maximum atomic E-state index is 3.96. The van der Waals surface area contributed by atoms with E-state index >= 15 is 0 Å². The van der Waals surface area contributed by atoms with Gasteiger partial charge in [-0.15, -0.1) is 11.8 Å². The summed E-state index contributed by atoms with van der Waals surface area (Å²) in [6, 6.07) is 0. The quantitative estimate of drug-likeness (QED) is 0.567. The van der Waals surface area contributed by atoms with Gasteiger partial charge >= 0.3 is 0 Å². The van der Waals surface area contributed by atoms with Crippen LogP contribution in [0.1, 0.15) is 27.7 Å². The molecule has 0 aliphatic heterocycles. The lowest BCUT2D eigenvalue weighted by atomic mass is 9.84. The van der Waals surface area contributed by atoms with Gasteiger partial charge in [-0.1, -0.05) is 32.9 Å². The molecule has 0 rings (SSSR count). The molecule has 1 heteroatoms. The Bertz CT molecular complexity index is 170. The minimum absolute atomic E-state index is 0.231. The highest BCUT2D eigenvalue weighted by atomic mass is 32.2. The molecule has 0 radical (unpaired) electrons. The van der Waals surface area contributed by atoms with Crippen LogP contribution < -0.4 is 0 Å². The van der Waals surface area contributed by atoms with Crippen LogP contribution in [0.4, 0.5) is 0 Å². The van der Waals surface area contributed by atoms with Crippen molar-refractivity contribution in [3.05, 3.63) is 23.1 Å². The van der Waals surface area contributed by atoms with Crippen molar-refractivity contribution in [2.24, 2.45) is 5.41 Å². The van der Waals surface area contributed by atoms with E-state index in [1.54, 1.807) is 11.8 Å². The van der Waals surface area contributed by atoms with Gasteiger partial charge in [0.25, 0.3) is 0 Å². The summed E-state index contributed by atoms with van der Waals surface area (Å²) in [4.78, 5) is 0. The number of hydrogen-bond donors (Lipinski definition) is 0. The van der Waals surface area contributed by atoms with Crippen LogP contribution in [-0.4, -0.2) is 6.26 Å². The molecule has 11 heavy (non-hydrogen) atoms. The molecule has 0 saturated heterocycles. The van der Waals surface area contributed by atoms with Gasteiger partial charge in [0.2, 0.25) is 0 Å². The molecule has 0 aromatic rings. The average Bonchev–Trinajstić information content (AvgIpc) is 1.79. The summed E-state index contributed by atoms with van der Waals surface area (Å²) in [5.74, 6) is 0. The summed E-state index contributed by atoms with van der Waals surface area (Å²) in [5.41, 5.74) is 2.76. The topological polar surface area (TPSA) is 0 Å². The molecule has 0 fully saturated rings. The molecule has 0 saturated carbocycles. The Labute approximate surface area is 74.8 Å². The van der Waals surface area contributed by atoms with Gasteiger partial charge in [0.1, 0.15) is 0 Å². The highest BCUT2D eigenvalue weighted by Gasteiger charge is 2.16. The van der Waals surface area contributed by atoms with Gasteiger partial charge in [-0.05, 0) is 29.6 Å². The summed E-state index contributed by atoms with van der Waals surface area (Å²) in [6.45, 7) is 12.7. The fourth-order valence-corrected chi connectivity index (χ4v) is 1.83. The van der Waals surface area contributed by atoms with Crippen LogP contribution in [-0.2, 0) is 0 Å². The molecule has 0 amide bonds. The Morgan fingerprint density at radius 3 is 1.91 bits per heavy atom. The molecule has 0 bridgehead atoms. The fraction of sp³-hybridized carbons (Fsp3) is 0.600. The summed E-state index contributed by atoms with van der Waals surface area (Å²) < 4.78 is 0. The number of hydrogen-bond acceptors (Lipinski definition) is 1. The lowest BCUT2D eigenvalue weighted by Gasteiger charge is -2.22. The second kappa shape index (κ2) is 4.01. The maximum absolute atomic E-state index is 3.96. The maximum Gasteiger partial charge on any atom is -0.0124 e. The van der Waals surface area contributed by atoms with E-state index in [1.165, 1.54) is 11.1 Å². The van der Waals surface area contributed by atoms with E-state index in [9.17, 15) is 0 Å². The fourth-order valence-electron chi connectivity index (χ4n) is 1.04.